The minimum atomic E-state index is 0.128. The molecule has 5 nitrogen and oxygen atoms in total. The molecule has 1 aromatic carbocycles. The number of amides is 1. The van der Waals surface area contributed by atoms with Crippen molar-refractivity contribution in [2.45, 2.75) is 27.3 Å². The van der Waals surface area contributed by atoms with Gasteiger partial charge in [-0.05, 0) is 44.5 Å². The van der Waals surface area contributed by atoms with Crippen molar-refractivity contribution in [3.63, 3.8) is 0 Å². The number of anilines is 1. The van der Waals surface area contributed by atoms with Gasteiger partial charge in [0.2, 0.25) is 5.91 Å². The third-order valence-electron chi connectivity index (χ3n) is 4.53. The molecule has 2 heterocycles. The molecule has 3 rings (SSSR count). The highest BCUT2D eigenvalue weighted by molar-refractivity contribution is 6.30. The molecule has 0 spiro atoms. The van der Waals surface area contributed by atoms with E-state index in [1.807, 2.05) is 43.0 Å². The van der Waals surface area contributed by atoms with E-state index < -0.39 is 0 Å². The van der Waals surface area contributed by atoms with Gasteiger partial charge < -0.3 is 9.80 Å². The third kappa shape index (κ3) is 3.56. The molecule has 1 fully saturated rings. The average molecular weight is 347 g/mol. The van der Waals surface area contributed by atoms with Crippen LogP contribution in [0.5, 0.6) is 0 Å². The first kappa shape index (κ1) is 16.8. The number of halogens is 1. The molecule has 0 saturated carbocycles. The highest BCUT2D eigenvalue weighted by atomic mass is 35.5. The molecule has 1 saturated heterocycles. The number of hydrogen-bond donors (Lipinski definition) is 0. The second-order valence-electron chi connectivity index (χ2n) is 6.38. The Kier molecular flexibility index (Phi) is 4.81. The summed E-state index contributed by atoms with van der Waals surface area (Å²) in [6, 6.07) is 7.95. The Morgan fingerprint density at radius 1 is 1.12 bits per heavy atom. The molecule has 2 aromatic rings. The van der Waals surface area contributed by atoms with Crippen LogP contribution in [-0.4, -0.2) is 46.8 Å². The Balaban J connectivity index is 1.61. The van der Waals surface area contributed by atoms with Crippen LogP contribution in [-0.2, 0) is 11.3 Å². The van der Waals surface area contributed by atoms with Crippen LogP contribution in [0.25, 0.3) is 0 Å². The predicted molar refractivity (Wildman–Crippen MR) is 96.7 cm³/mol. The number of carbonyl (C=O) groups excluding carboxylic acids is 1. The zero-order valence-corrected chi connectivity index (χ0v) is 15.2. The van der Waals surface area contributed by atoms with E-state index in [1.165, 1.54) is 5.56 Å². The van der Waals surface area contributed by atoms with Gasteiger partial charge in [0.1, 0.15) is 6.54 Å². The van der Waals surface area contributed by atoms with Crippen LogP contribution in [0.3, 0.4) is 0 Å². The van der Waals surface area contributed by atoms with Gasteiger partial charge in [-0.1, -0.05) is 17.7 Å². The minimum absolute atomic E-state index is 0.128. The molecule has 0 atom stereocenters. The highest BCUT2D eigenvalue weighted by Gasteiger charge is 2.22. The first-order valence-electron chi connectivity index (χ1n) is 8.24. The van der Waals surface area contributed by atoms with E-state index in [-0.39, 0.29) is 5.91 Å². The summed E-state index contributed by atoms with van der Waals surface area (Å²) < 4.78 is 1.78. The first-order valence-corrected chi connectivity index (χ1v) is 8.62. The van der Waals surface area contributed by atoms with Gasteiger partial charge in [0.25, 0.3) is 0 Å². The summed E-state index contributed by atoms with van der Waals surface area (Å²) in [6.07, 6.45) is 0. The van der Waals surface area contributed by atoms with E-state index in [0.29, 0.717) is 6.54 Å². The van der Waals surface area contributed by atoms with Gasteiger partial charge in [0, 0.05) is 42.6 Å². The van der Waals surface area contributed by atoms with Crippen molar-refractivity contribution in [1.29, 1.82) is 0 Å². The molecular formula is C18H23ClN4O. The molecule has 24 heavy (non-hydrogen) atoms. The van der Waals surface area contributed by atoms with Gasteiger partial charge in [0.05, 0.1) is 5.69 Å². The van der Waals surface area contributed by atoms with Crippen LogP contribution in [0.2, 0.25) is 5.02 Å². The molecule has 6 heteroatoms. The quantitative estimate of drug-likeness (QED) is 0.858. The number of rotatable bonds is 3. The first-order chi connectivity index (χ1) is 11.4. The maximum Gasteiger partial charge on any atom is 0.244 e. The van der Waals surface area contributed by atoms with Gasteiger partial charge in [-0.15, -0.1) is 0 Å². The van der Waals surface area contributed by atoms with E-state index in [9.17, 15) is 4.79 Å². The number of benzene rings is 1. The number of nitrogens with zero attached hydrogens (tertiary/aromatic N) is 4. The normalized spacial score (nSPS) is 15.0. The average Bonchev–Trinajstić information content (AvgIpc) is 2.87. The fourth-order valence-corrected chi connectivity index (χ4v) is 3.35. The number of aryl methyl sites for hydroxylation is 3. The van der Waals surface area contributed by atoms with E-state index >= 15 is 0 Å². The molecule has 0 radical (unpaired) electrons. The van der Waals surface area contributed by atoms with Crippen molar-refractivity contribution in [3.05, 3.63) is 46.2 Å². The molecule has 1 aliphatic rings. The van der Waals surface area contributed by atoms with Crippen molar-refractivity contribution in [2.24, 2.45) is 0 Å². The summed E-state index contributed by atoms with van der Waals surface area (Å²) in [6.45, 7) is 9.43. The Labute approximate surface area is 147 Å². The van der Waals surface area contributed by atoms with E-state index in [1.54, 1.807) is 4.68 Å². The van der Waals surface area contributed by atoms with Crippen LogP contribution in [0.15, 0.2) is 24.3 Å². The number of piperazine rings is 1. The topological polar surface area (TPSA) is 41.4 Å². The minimum Gasteiger partial charge on any atom is -0.368 e. The maximum absolute atomic E-state index is 12.5. The van der Waals surface area contributed by atoms with Crippen LogP contribution < -0.4 is 4.90 Å². The molecule has 1 aromatic heterocycles. The molecule has 1 aliphatic heterocycles. The monoisotopic (exact) mass is 346 g/mol. The summed E-state index contributed by atoms with van der Waals surface area (Å²) in [5, 5.41) is 5.12. The van der Waals surface area contributed by atoms with Gasteiger partial charge in [0.15, 0.2) is 0 Å². The summed E-state index contributed by atoms with van der Waals surface area (Å²) in [7, 11) is 0. The lowest BCUT2D eigenvalue weighted by atomic mass is 10.1. The summed E-state index contributed by atoms with van der Waals surface area (Å²) >= 11 is 6.12. The second kappa shape index (κ2) is 6.85. The van der Waals surface area contributed by atoms with Gasteiger partial charge in [-0.2, -0.15) is 5.10 Å². The van der Waals surface area contributed by atoms with Gasteiger partial charge in [-0.25, -0.2) is 0 Å². The van der Waals surface area contributed by atoms with Crippen LogP contribution in [0.4, 0.5) is 5.69 Å². The molecule has 0 aliphatic carbocycles. The largest absolute Gasteiger partial charge is 0.368 e. The third-order valence-corrected chi connectivity index (χ3v) is 4.77. The molecule has 1 amide bonds. The predicted octanol–water partition coefficient (Wildman–Crippen LogP) is 2.81. The molecule has 0 bridgehead atoms. The highest BCUT2D eigenvalue weighted by Crippen LogP contribution is 2.25. The number of carbonyl (C=O) groups is 1. The SMILES string of the molecule is Cc1cc(C)n(CC(=O)N2CCN(c3cc(Cl)ccc3C)CC2)n1. The van der Waals surface area contributed by atoms with Crippen molar-refractivity contribution < 1.29 is 4.79 Å². The number of aromatic nitrogens is 2. The molecule has 0 N–H and O–H groups in total. The summed E-state index contributed by atoms with van der Waals surface area (Å²) in [5.41, 5.74) is 4.34. The van der Waals surface area contributed by atoms with Gasteiger partial charge in [-0.3, -0.25) is 9.48 Å². The van der Waals surface area contributed by atoms with Crippen molar-refractivity contribution in [2.75, 3.05) is 31.1 Å². The van der Waals surface area contributed by atoms with Crippen LogP contribution in [0.1, 0.15) is 17.0 Å². The molecule has 128 valence electrons. The molecular weight excluding hydrogens is 324 g/mol. The Hall–Kier alpha value is -2.01. The Morgan fingerprint density at radius 2 is 1.83 bits per heavy atom. The fourth-order valence-electron chi connectivity index (χ4n) is 3.18. The van der Waals surface area contributed by atoms with E-state index in [0.717, 1.165) is 48.3 Å². The van der Waals surface area contributed by atoms with Gasteiger partial charge >= 0.3 is 0 Å². The van der Waals surface area contributed by atoms with Crippen molar-refractivity contribution in [1.82, 2.24) is 14.7 Å². The van der Waals surface area contributed by atoms with E-state index in [4.69, 9.17) is 11.6 Å². The number of hydrogen-bond acceptors (Lipinski definition) is 3. The Morgan fingerprint density at radius 3 is 2.46 bits per heavy atom. The zero-order chi connectivity index (χ0) is 17.3. The second-order valence-corrected chi connectivity index (χ2v) is 6.82. The van der Waals surface area contributed by atoms with Crippen molar-refractivity contribution in [3.8, 4) is 0 Å². The zero-order valence-electron chi connectivity index (χ0n) is 14.4. The summed E-state index contributed by atoms with van der Waals surface area (Å²) in [4.78, 5) is 16.7. The lowest BCUT2D eigenvalue weighted by Gasteiger charge is -2.37. The van der Waals surface area contributed by atoms with Crippen molar-refractivity contribution >= 4 is 23.2 Å². The molecule has 0 unspecified atom stereocenters. The lowest BCUT2D eigenvalue weighted by Crippen LogP contribution is -2.49. The van der Waals surface area contributed by atoms with E-state index in [2.05, 4.69) is 16.9 Å². The summed E-state index contributed by atoms with van der Waals surface area (Å²) in [5.74, 6) is 0.128. The van der Waals surface area contributed by atoms with Crippen LogP contribution >= 0.6 is 11.6 Å². The lowest BCUT2D eigenvalue weighted by molar-refractivity contribution is -0.132. The van der Waals surface area contributed by atoms with Crippen LogP contribution in [0, 0.1) is 20.8 Å². The fraction of sp³-hybridized carbons (Fsp3) is 0.444. The maximum atomic E-state index is 12.5. The Bertz CT molecular complexity index is 747. The smallest absolute Gasteiger partial charge is 0.244 e. The standard InChI is InChI=1S/C18H23ClN4O/c1-13-4-5-16(19)11-17(13)21-6-8-22(9-7-21)18(24)12-23-15(3)10-14(2)20-23/h4-5,10-11H,6-9,12H2,1-3H3.